The first-order valence-corrected chi connectivity index (χ1v) is 7.90. The Morgan fingerprint density at radius 2 is 2.35 bits per heavy atom. The summed E-state index contributed by atoms with van der Waals surface area (Å²) in [4.78, 5) is 7.09. The Hall–Kier alpha value is -0.710. The van der Waals surface area contributed by atoms with Crippen LogP contribution in [0.1, 0.15) is 35.9 Å². The number of aromatic nitrogens is 1. The van der Waals surface area contributed by atoms with Crippen LogP contribution in [-0.2, 0) is 6.54 Å². The van der Waals surface area contributed by atoms with E-state index in [0.29, 0.717) is 6.04 Å². The Morgan fingerprint density at radius 3 is 3.12 bits per heavy atom. The van der Waals surface area contributed by atoms with Crippen LogP contribution >= 0.6 is 22.7 Å². The van der Waals surface area contributed by atoms with Gasteiger partial charge in [0.05, 0.1) is 6.04 Å². The summed E-state index contributed by atoms with van der Waals surface area (Å²) in [6.07, 6.45) is 5.85. The molecule has 0 spiro atoms. The van der Waals surface area contributed by atoms with Crippen molar-refractivity contribution in [3.05, 3.63) is 39.0 Å². The molecule has 3 rings (SSSR count). The third kappa shape index (κ3) is 2.59. The molecule has 2 aromatic rings. The van der Waals surface area contributed by atoms with E-state index in [0.717, 1.165) is 6.54 Å². The Balaban J connectivity index is 1.76. The van der Waals surface area contributed by atoms with Gasteiger partial charge in [0.2, 0.25) is 0 Å². The highest BCUT2D eigenvalue weighted by Crippen LogP contribution is 2.33. The molecule has 1 atom stereocenters. The highest BCUT2D eigenvalue weighted by atomic mass is 32.1. The van der Waals surface area contributed by atoms with Crippen molar-refractivity contribution >= 4 is 22.7 Å². The van der Waals surface area contributed by atoms with Crippen LogP contribution in [0.15, 0.2) is 28.4 Å². The molecule has 1 aliphatic heterocycles. The van der Waals surface area contributed by atoms with Crippen LogP contribution in [0.25, 0.3) is 0 Å². The molecule has 2 aromatic heterocycles. The van der Waals surface area contributed by atoms with E-state index in [4.69, 9.17) is 0 Å². The number of thiophene rings is 1. The molecular weight excluding hydrogens is 248 g/mol. The molecule has 1 aliphatic rings. The molecule has 90 valence electrons. The van der Waals surface area contributed by atoms with Crippen molar-refractivity contribution in [2.75, 3.05) is 6.54 Å². The van der Waals surface area contributed by atoms with E-state index in [9.17, 15) is 0 Å². The van der Waals surface area contributed by atoms with Crippen LogP contribution in [0, 0.1) is 0 Å². The van der Waals surface area contributed by atoms with Gasteiger partial charge in [-0.1, -0.05) is 6.42 Å². The minimum Gasteiger partial charge on any atom is -0.290 e. The van der Waals surface area contributed by atoms with E-state index >= 15 is 0 Å². The van der Waals surface area contributed by atoms with Gasteiger partial charge in [-0.2, -0.15) is 11.3 Å². The van der Waals surface area contributed by atoms with Crippen molar-refractivity contribution in [3.63, 3.8) is 0 Å². The Kier molecular flexibility index (Phi) is 3.54. The van der Waals surface area contributed by atoms with Crippen LogP contribution in [-0.4, -0.2) is 16.4 Å². The molecule has 0 unspecified atom stereocenters. The average molecular weight is 264 g/mol. The van der Waals surface area contributed by atoms with Gasteiger partial charge in [-0.25, -0.2) is 4.98 Å². The fraction of sp³-hybridized carbons (Fsp3) is 0.462. The maximum atomic E-state index is 4.50. The van der Waals surface area contributed by atoms with Gasteiger partial charge < -0.3 is 0 Å². The van der Waals surface area contributed by atoms with E-state index < -0.39 is 0 Å². The zero-order chi connectivity index (χ0) is 11.5. The number of thiazole rings is 1. The first-order valence-electron chi connectivity index (χ1n) is 6.08. The topological polar surface area (TPSA) is 16.1 Å². The monoisotopic (exact) mass is 264 g/mol. The van der Waals surface area contributed by atoms with Gasteiger partial charge in [0, 0.05) is 18.1 Å². The van der Waals surface area contributed by atoms with Crippen LogP contribution < -0.4 is 0 Å². The maximum absolute atomic E-state index is 4.50. The number of hydrogen-bond acceptors (Lipinski definition) is 4. The van der Waals surface area contributed by atoms with Crippen molar-refractivity contribution in [1.82, 2.24) is 9.88 Å². The smallest absolute Gasteiger partial charge is 0.110 e. The fourth-order valence-corrected chi connectivity index (χ4v) is 3.94. The first-order chi connectivity index (χ1) is 8.43. The second kappa shape index (κ2) is 5.29. The van der Waals surface area contributed by atoms with Gasteiger partial charge in [0.1, 0.15) is 5.01 Å². The van der Waals surface area contributed by atoms with E-state index in [-0.39, 0.29) is 0 Å². The largest absolute Gasteiger partial charge is 0.290 e. The standard InChI is InChI=1S/C13H16N2S2/c1-2-6-15(9-11-4-7-16-10-11)12(3-1)13-14-5-8-17-13/h4-5,7-8,10,12H,1-3,6,9H2/t12-/m1/s1. The predicted molar refractivity (Wildman–Crippen MR) is 73.4 cm³/mol. The molecule has 1 saturated heterocycles. The van der Waals surface area contributed by atoms with Gasteiger partial charge in [-0.3, -0.25) is 4.90 Å². The van der Waals surface area contributed by atoms with Gasteiger partial charge in [0.15, 0.2) is 0 Å². The minimum atomic E-state index is 0.545. The molecule has 1 fully saturated rings. The summed E-state index contributed by atoms with van der Waals surface area (Å²) in [5.74, 6) is 0. The number of piperidine rings is 1. The molecule has 0 radical (unpaired) electrons. The maximum Gasteiger partial charge on any atom is 0.110 e. The lowest BCUT2D eigenvalue weighted by Gasteiger charge is -2.34. The number of hydrogen-bond donors (Lipinski definition) is 0. The zero-order valence-corrected chi connectivity index (χ0v) is 11.3. The highest BCUT2D eigenvalue weighted by Gasteiger charge is 2.25. The number of rotatable bonds is 3. The molecule has 0 bridgehead atoms. The summed E-state index contributed by atoms with van der Waals surface area (Å²) >= 11 is 3.58. The summed E-state index contributed by atoms with van der Waals surface area (Å²) < 4.78 is 0. The Labute approximate surface area is 110 Å². The highest BCUT2D eigenvalue weighted by molar-refractivity contribution is 7.09. The molecule has 0 aromatic carbocycles. The van der Waals surface area contributed by atoms with Crippen molar-refractivity contribution in [1.29, 1.82) is 0 Å². The second-order valence-corrected chi connectivity index (χ2v) is 6.19. The van der Waals surface area contributed by atoms with Crippen molar-refractivity contribution in [2.24, 2.45) is 0 Å². The van der Waals surface area contributed by atoms with E-state index in [1.54, 1.807) is 22.7 Å². The van der Waals surface area contributed by atoms with Gasteiger partial charge in [-0.05, 0) is 41.8 Å². The van der Waals surface area contributed by atoms with Gasteiger partial charge in [-0.15, -0.1) is 11.3 Å². The third-order valence-corrected chi connectivity index (χ3v) is 4.92. The third-order valence-electron chi connectivity index (χ3n) is 3.32. The minimum absolute atomic E-state index is 0.545. The number of likely N-dealkylation sites (tertiary alicyclic amines) is 1. The molecule has 2 nitrogen and oxygen atoms in total. The Bertz CT molecular complexity index is 436. The van der Waals surface area contributed by atoms with Crippen LogP contribution in [0.3, 0.4) is 0 Å². The fourth-order valence-electron chi connectivity index (χ4n) is 2.48. The SMILES string of the molecule is c1csc([C@H]2CCCCN2Cc2ccsc2)n1. The number of nitrogens with zero attached hydrogens (tertiary/aromatic N) is 2. The summed E-state index contributed by atoms with van der Waals surface area (Å²) in [5, 5.41) is 7.80. The van der Waals surface area contributed by atoms with Crippen LogP contribution in [0.4, 0.5) is 0 Å². The van der Waals surface area contributed by atoms with E-state index in [1.165, 1.54) is 36.4 Å². The van der Waals surface area contributed by atoms with Crippen molar-refractivity contribution in [2.45, 2.75) is 31.8 Å². The molecule has 3 heterocycles. The molecule has 4 heteroatoms. The lowest BCUT2D eigenvalue weighted by atomic mass is 10.0. The van der Waals surface area contributed by atoms with Crippen molar-refractivity contribution in [3.8, 4) is 0 Å². The van der Waals surface area contributed by atoms with E-state index in [2.05, 4.69) is 32.1 Å². The zero-order valence-electron chi connectivity index (χ0n) is 9.71. The molecule has 0 amide bonds. The molecule has 0 saturated carbocycles. The summed E-state index contributed by atoms with van der Waals surface area (Å²) in [7, 11) is 0. The first kappa shape index (κ1) is 11.4. The normalized spacial score (nSPS) is 21.8. The lowest BCUT2D eigenvalue weighted by Crippen LogP contribution is -2.32. The van der Waals surface area contributed by atoms with Gasteiger partial charge >= 0.3 is 0 Å². The molecule has 0 N–H and O–H groups in total. The lowest BCUT2D eigenvalue weighted by molar-refractivity contribution is 0.140. The molecule has 0 aliphatic carbocycles. The predicted octanol–water partition coefficient (Wildman–Crippen LogP) is 3.93. The van der Waals surface area contributed by atoms with E-state index in [1.807, 2.05) is 6.20 Å². The second-order valence-electron chi connectivity index (χ2n) is 4.48. The quantitative estimate of drug-likeness (QED) is 0.835. The summed E-state index contributed by atoms with van der Waals surface area (Å²) in [6.45, 7) is 2.29. The average Bonchev–Trinajstić information content (AvgIpc) is 3.01. The summed E-state index contributed by atoms with van der Waals surface area (Å²) in [5.41, 5.74) is 1.44. The molecule has 17 heavy (non-hydrogen) atoms. The summed E-state index contributed by atoms with van der Waals surface area (Å²) in [6, 6.07) is 2.78. The Morgan fingerprint density at radius 1 is 1.35 bits per heavy atom. The van der Waals surface area contributed by atoms with Crippen LogP contribution in [0.2, 0.25) is 0 Å². The van der Waals surface area contributed by atoms with Gasteiger partial charge in [0.25, 0.3) is 0 Å². The van der Waals surface area contributed by atoms with Crippen molar-refractivity contribution < 1.29 is 0 Å². The van der Waals surface area contributed by atoms with Crippen LogP contribution in [0.5, 0.6) is 0 Å². The molecular formula is C13H16N2S2.